The second-order valence-electron chi connectivity index (χ2n) is 5.02. The summed E-state index contributed by atoms with van der Waals surface area (Å²) in [6.45, 7) is -0.243. The van der Waals surface area contributed by atoms with Gasteiger partial charge < -0.3 is 15.7 Å². The molecule has 3 N–H and O–H groups in total. The molecule has 2 aromatic rings. The van der Waals surface area contributed by atoms with Gasteiger partial charge in [-0.15, -0.1) is 0 Å². The molecule has 0 aliphatic carbocycles. The lowest BCUT2D eigenvalue weighted by Crippen LogP contribution is -2.42. The maximum atomic E-state index is 12.5. The number of benzene rings is 2. The van der Waals surface area contributed by atoms with Crippen LogP contribution in [0.4, 0.5) is 4.79 Å². The first kappa shape index (κ1) is 18.3. The van der Waals surface area contributed by atoms with Gasteiger partial charge in [-0.05, 0) is 17.7 Å². The van der Waals surface area contributed by atoms with Crippen molar-refractivity contribution in [2.24, 2.45) is 10.9 Å². The van der Waals surface area contributed by atoms with Gasteiger partial charge in [-0.2, -0.15) is 4.31 Å². The van der Waals surface area contributed by atoms with Crippen LogP contribution in [0.2, 0.25) is 0 Å². The molecule has 8 nitrogen and oxygen atoms in total. The van der Waals surface area contributed by atoms with Crippen molar-refractivity contribution in [1.82, 2.24) is 4.31 Å². The molecule has 0 fully saturated rings. The van der Waals surface area contributed by atoms with Gasteiger partial charge in [-0.3, -0.25) is 0 Å². The molecule has 9 heteroatoms. The van der Waals surface area contributed by atoms with E-state index < -0.39 is 27.7 Å². The van der Waals surface area contributed by atoms with E-state index in [1.54, 1.807) is 48.5 Å². The highest BCUT2D eigenvalue weighted by atomic mass is 32.2. The van der Waals surface area contributed by atoms with Crippen LogP contribution >= 0.6 is 0 Å². The smallest absolute Gasteiger partial charge is 0.409 e. The van der Waals surface area contributed by atoms with Gasteiger partial charge in [-0.1, -0.05) is 53.7 Å². The van der Waals surface area contributed by atoms with Crippen molar-refractivity contribution in [2.45, 2.75) is 6.54 Å². The lowest BCUT2D eigenvalue weighted by Gasteiger charge is -2.21. The predicted octanol–water partition coefficient (Wildman–Crippen LogP) is 1.76. The van der Waals surface area contributed by atoms with Crippen LogP contribution < -0.4 is 10.5 Å². The van der Waals surface area contributed by atoms with Crippen molar-refractivity contribution in [3.63, 3.8) is 0 Å². The van der Waals surface area contributed by atoms with Crippen LogP contribution in [0.5, 0.6) is 5.75 Å². The van der Waals surface area contributed by atoms with E-state index in [4.69, 9.17) is 15.7 Å². The maximum Gasteiger partial charge on any atom is 0.429 e. The van der Waals surface area contributed by atoms with Gasteiger partial charge in [0.2, 0.25) is 10.0 Å². The van der Waals surface area contributed by atoms with Gasteiger partial charge in [-0.25, -0.2) is 13.2 Å². The molecule has 0 atom stereocenters. The van der Waals surface area contributed by atoms with E-state index in [0.717, 1.165) is 0 Å². The van der Waals surface area contributed by atoms with E-state index in [0.29, 0.717) is 9.87 Å². The van der Waals surface area contributed by atoms with Crippen molar-refractivity contribution in [1.29, 1.82) is 0 Å². The molecule has 0 bridgehead atoms. The molecule has 0 aliphatic heterocycles. The summed E-state index contributed by atoms with van der Waals surface area (Å²) in [5.41, 5.74) is 5.86. The third-order valence-corrected chi connectivity index (χ3v) is 4.73. The van der Waals surface area contributed by atoms with Crippen molar-refractivity contribution in [2.75, 3.05) is 5.75 Å². The molecule has 0 radical (unpaired) electrons. The number of ether oxygens (including phenoxy) is 1. The average Bonchev–Trinajstić information content (AvgIpc) is 2.60. The summed E-state index contributed by atoms with van der Waals surface area (Å²) in [6, 6.07) is 16.6. The Bertz CT molecular complexity index is 839. The number of carbonyl (C=O) groups is 1. The molecule has 1 amide bonds. The van der Waals surface area contributed by atoms with Crippen molar-refractivity contribution in [3.8, 4) is 5.75 Å². The standard InChI is InChI=1S/C16H17N3O5S/c17-15(18-21)12-25(22,23)19(11-13-7-3-1-4-8-13)16(20)24-14-9-5-2-6-10-14/h1-10,21H,11-12H2,(H2,17,18). The molecule has 0 saturated heterocycles. The molecule has 0 spiro atoms. The molecule has 0 aromatic heterocycles. The first-order chi connectivity index (χ1) is 11.9. The van der Waals surface area contributed by atoms with Crippen molar-refractivity contribution >= 4 is 22.0 Å². The van der Waals surface area contributed by atoms with Crippen molar-refractivity contribution < 1.29 is 23.2 Å². The van der Waals surface area contributed by atoms with Gasteiger partial charge >= 0.3 is 6.09 Å². The quantitative estimate of drug-likeness (QED) is 0.349. The summed E-state index contributed by atoms with van der Waals surface area (Å²) in [6.07, 6.45) is -1.08. The van der Waals surface area contributed by atoms with E-state index in [9.17, 15) is 13.2 Å². The number of nitrogens with two attached hydrogens (primary N) is 1. The molecule has 2 rings (SSSR count). The fourth-order valence-corrected chi connectivity index (χ4v) is 3.16. The van der Waals surface area contributed by atoms with Gasteiger partial charge in [0, 0.05) is 0 Å². The van der Waals surface area contributed by atoms with E-state index in [2.05, 4.69) is 5.16 Å². The Morgan fingerprint density at radius 3 is 2.20 bits per heavy atom. The van der Waals surface area contributed by atoms with Crippen LogP contribution in [-0.2, 0) is 16.6 Å². The highest BCUT2D eigenvalue weighted by Crippen LogP contribution is 2.15. The molecule has 0 unspecified atom stereocenters. The van der Waals surface area contributed by atoms with E-state index in [1.807, 2.05) is 0 Å². The molecule has 132 valence electrons. The Labute approximate surface area is 145 Å². The van der Waals surface area contributed by atoms with E-state index in [1.165, 1.54) is 12.1 Å². The van der Waals surface area contributed by atoms with Gasteiger partial charge in [0.1, 0.15) is 11.5 Å². The maximum absolute atomic E-state index is 12.5. The first-order valence-corrected chi connectivity index (χ1v) is 8.81. The third-order valence-electron chi connectivity index (χ3n) is 3.12. The number of para-hydroxylation sites is 1. The molecular formula is C16H17N3O5S. The van der Waals surface area contributed by atoms with Crippen molar-refractivity contribution in [3.05, 3.63) is 66.2 Å². The highest BCUT2D eigenvalue weighted by Gasteiger charge is 2.30. The summed E-state index contributed by atoms with van der Waals surface area (Å²) in [5, 5.41) is 11.3. The minimum absolute atomic E-state index is 0.199. The molecule has 0 aliphatic rings. The molecule has 2 aromatic carbocycles. The monoisotopic (exact) mass is 363 g/mol. The van der Waals surface area contributed by atoms with E-state index >= 15 is 0 Å². The van der Waals surface area contributed by atoms with Crippen LogP contribution in [0, 0.1) is 0 Å². The lowest BCUT2D eigenvalue weighted by molar-refractivity contribution is 0.177. The van der Waals surface area contributed by atoms with E-state index in [-0.39, 0.29) is 12.3 Å². The summed E-state index contributed by atoms with van der Waals surface area (Å²) in [7, 11) is -4.21. The zero-order chi connectivity index (χ0) is 18.3. The number of hydrogen-bond donors (Lipinski definition) is 2. The molecule has 25 heavy (non-hydrogen) atoms. The fourth-order valence-electron chi connectivity index (χ4n) is 1.96. The number of rotatable bonds is 6. The second kappa shape index (κ2) is 8.15. The fraction of sp³-hybridized carbons (Fsp3) is 0.125. The average molecular weight is 363 g/mol. The zero-order valence-electron chi connectivity index (χ0n) is 13.1. The predicted molar refractivity (Wildman–Crippen MR) is 91.6 cm³/mol. The van der Waals surface area contributed by atoms with Crippen LogP contribution in [0.15, 0.2) is 65.8 Å². The minimum atomic E-state index is -4.21. The third kappa shape index (κ3) is 5.21. The Hall–Kier alpha value is -3.07. The van der Waals surface area contributed by atoms with Crippen LogP contribution in [0.25, 0.3) is 0 Å². The summed E-state index contributed by atoms with van der Waals surface area (Å²) >= 11 is 0. The number of nitrogens with zero attached hydrogens (tertiary/aromatic N) is 2. The summed E-state index contributed by atoms with van der Waals surface area (Å²) in [4.78, 5) is 12.4. The zero-order valence-corrected chi connectivity index (χ0v) is 14.0. The summed E-state index contributed by atoms with van der Waals surface area (Å²) in [5.74, 6) is -1.16. The second-order valence-corrected chi connectivity index (χ2v) is 6.91. The SMILES string of the molecule is NC(CS(=O)(=O)N(Cc1ccccc1)C(=O)Oc1ccccc1)=NO. The lowest BCUT2D eigenvalue weighted by atomic mass is 10.2. The van der Waals surface area contributed by atoms with Gasteiger partial charge in [0.05, 0.1) is 6.54 Å². The molecule has 0 saturated carbocycles. The Kier molecular flexibility index (Phi) is 5.96. The summed E-state index contributed by atoms with van der Waals surface area (Å²) < 4.78 is 30.6. The Morgan fingerprint density at radius 1 is 1.08 bits per heavy atom. The minimum Gasteiger partial charge on any atom is -0.409 e. The highest BCUT2D eigenvalue weighted by molar-refractivity contribution is 7.90. The topological polar surface area (TPSA) is 122 Å². The van der Waals surface area contributed by atoms with Crippen LogP contribution in [0.3, 0.4) is 0 Å². The van der Waals surface area contributed by atoms with Crippen LogP contribution in [-0.4, -0.2) is 35.6 Å². The Balaban J connectivity index is 2.29. The number of amides is 1. The first-order valence-electron chi connectivity index (χ1n) is 7.20. The number of sulfonamides is 1. The van der Waals surface area contributed by atoms with Gasteiger partial charge in [0.25, 0.3) is 0 Å². The Morgan fingerprint density at radius 2 is 1.64 bits per heavy atom. The number of hydrogen-bond acceptors (Lipinski definition) is 6. The number of amidine groups is 1. The molecule has 0 heterocycles. The normalized spacial score (nSPS) is 11.8. The number of oxime groups is 1. The number of carbonyl (C=O) groups excluding carboxylic acids is 1. The largest absolute Gasteiger partial charge is 0.429 e. The van der Waals surface area contributed by atoms with Gasteiger partial charge in [0.15, 0.2) is 5.84 Å². The van der Waals surface area contributed by atoms with Crippen LogP contribution in [0.1, 0.15) is 5.56 Å². The molecular weight excluding hydrogens is 346 g/mol.